The maximum absolute atomic E-state index is 3.57. The molecule has 2 nitrogen and oxygen atoms in total. The van der Waals surface area contributed by atoms with E-state index in [2.05, 4.69) is 66.5 Å². The van der Waals surface area contributed by atoms with E-state index in [1.165, 1.54) is 15.3 Å². The van der Waals surface area contributed by atoms with E-state index in [0.717, 1.165) is 32.6 Å². The third-order valence-electron chi connectivity index (χ3n) is 4.53. The predicted octanol–water partition coefficient (Wildman–Crippen LogP) is 3.63. The molecule has 0 saturated carbocycles. The molecule has 1 aromatic carbocycles. The van der Waals surface area contributed by atoms with Crippen molar-refractivity contribution in [2.24, 2.45) is 0 Å². The molecule has 1 fully saturated rings. The number of thiophene rings is 1. The number of rotatable bonds is 4. The SMILES string of the molecule is CCc1ccc(CN2CCNCC2(C)c2ccccc2)s1. The van der Waals surface area contributed by atoms with Gasteiger partial charge < -0.3 is 5.32 Å². The van der Waals surface area contributed by atoms with Crippen LogP contribution in [0.15, 0.2) is 42.5 Å². The summed E-state index contributed by atoms with van der Waals surface area (Å²) in [5.41, 5.74) is 1.49. The second kappa shape index (κ2) is 6.30. The second-order valence-electron chi connectivity index (χ2n) is 5.96. The largest absolute Gasteiger partial charge is 0.313 e. The zero-order valence-corrected chi connectivity index (χ0v) is 13.7. The van der Waals surface area contributed by atoms with Gasteiger partial charge in [0.25, 0.3) is 0 Å². The Balaban J connectivity index is 1.84. The van der Waals surface area contributed by atoms with Crippen molar-refractivity contribution in [1.29, 1.82) is 0 Å². The first-order valence-electron chi connectivity index (χ1n) is 7.81. The van der Waals surface area contributed by atoms with Gasteiger partial charge in [-0.25, -0.2) is 0 Å². The van der Waals surface area contributed by atoms with Gasteiger partial charge in [0, 0.05) is 35.9 Å². The normalized spacial score (nSPS) is 23.3. The van der Waals surface area contributed by atoms with Gasteiger partial charge >= 0.3 is 0 Å². The summed E-state index contributed by atoms with van der Waals surface area (Å²) in [6, 6.07) is 15.5. The monoisotopic (exact) mass is 300 g/mol. The van der Waals surface area contributed by atoms with E-state index < -0.39 is 0 Å². The van der Waals surface area contributed by atoms with Gasteiger partial charge in [-0.1, -0.05) is 37.3 Å². The molecule has 1 saturated heterocycles. The lowest BCUT2D eigenvalue weighted by atomic mass is 9.88. The van der Waals surface area contributed by atoms with Crippen LogP contribution in [0.4, 0.5) is 0 Å². The van der Waals surface area contributed by atoms with Crippen LogP contribution in [-0.4, -0.2) is 24.5 Å². The Bertz CT molecular complexity index is 578. The van der Waals surface area contributed by atoms with Gasteiger partial charge in [-0.2, -0.15) is 0 Å². The molecule has 1 unspecified atom stereocenters. The van der Waals surface area contributed by atoms with Crippen LogP contribution in [0.1, 0.15) is 29.2 Å². The van der Waals surface area contributed by atoms with Crippen molar-refractivity contribution in [3.05, 3.63) is 57.8 Å². The molecule has 0 amide bonds. The summed E-state index contributed by atoms with van der Waals surface area (Å²) in [6.45, 7) is 8.84. The molecule has 1 aromatic heterocycles. The van der Waals surface area contributed by atoms with Crippen LogP contribution < -0.4 is 5.32 Å². The van der Waals surface area contributed by atoms with Crippen molar-refractivity contribution < 1.29 is 0 Å². The van der Waals surface area contributed by atoms with Gasteiger partial charge in [0.15, 0.2) is 0 Å². The summed E-state index contributed by atoms with van der Waals surface area (Å²) in [5.74, 6) is 0. The third-order valence-corrected chi connectivity index (χ3v) is 5.75. The molecule has 1 aliphatic heterocycles. The van der Waals surface area contributed by atoms with Crippen LogP contribution in [0, 0.1) is 0 Å². The Morgan fingerprint density at radius 1 is 1.14 bits per heavy atom. The van der Waals surface area contributed by atoms with Crippen LogP contribution in [0.25, 0.3) is 0 Å². The summed E-state index contributed by atoms with van der Waals surface area (Å²) in [5, 5.41) is 3.57. The van der Waals surface area contributed by atoms with Crippen molar-refractivity contribution in [2.75, 3.05) is 19.6 Å². The minimum Gasteiger partial charge on any atom is -0.313 e. The fourth-order valence-electron chi connectivity index (χ4n) is 3.13. The Labute approximate surface area is 131 Å². The summed E-state index contributed by atoms with van der Waals surface area (Å²) in [6.07, 6.45) is 1.14. The number of piperazine rings is 1. The number of hydrogen-bond donors (Lipinski definition) is 1. The van der Waals surface area contributed by atoms with Gasteiger partial charge in [-0.15, -0.1) is 11.3 Å². The van der Waals surface area contributed by atoms with E-state index >= 15 is 0 Å². The van der Waals surface area contributed by atoms with Crippen LogP contribution in [0.2, 0.25) is 0 Å². The number of benzene rings is 1. The molecule has 2 aromatic rings. The summed E-state index contributed by atoms with van der Waals surface area (Å²) >= 11 is 1.96. The van der Waals surface area contributed by atoms with E-state index in [4.69, 9.17) is 0 Å². The standard InChI is InChI=1S/C18H24N2S/c1-3-16-9-10-17(21-16)13-20-12-11-19-14-18(20,2)15-7-5-4-6-8-15/h4-10,19H,3,11-14H2,1-2H3. The van der Waals surface area contributed by atoms with Crippen molar-refractivity contribution in [3.63, 3.8) is 0 Å². The lowest BCUT2D eigenvalue weighted by Crippen LogP contribution is -2.56. The lowest BCUT2D eigenvalue weighted by Gasteiger charge is -2.45. The first-order valence-corrected chi connectivity index (χ1v) is 8.63. The van der Waals surface area contributed by atoms with Gasteiger partial charge in [0.2, 0.25) is 0 Å². The zero-order valence-electron chi connectivity index (χ0n) is 12.9. The van der Waals surface area contributed by atoms with Gasteiger partial charge in [-0.3, -0.25) is 4.90 Å². The van der Waals surface area contributed by atoms with Crippen molar-refractivity contribution >= 4 is 11.3 Å². The fraction of sp³-hybridized carbons (Fsp3) is 0.444. The average Bonchev–Trinajstić information content (AvgIpc) is 2.98. The quantitative estimate of drug-likeness (QED) is 0.927. The summed E-state index contributed by atoms with van der Waals surface area (Å²) in [4.78, 5) is 5.60. The van der Waals surface area contributed by atoms with Gasteiger partial charge in [0.1, 0.15) is 0 Å². The highest BCUT2D eigenvalue weighted by Crippen LogP contribution is 2.32. The lowest BCUT2D eigenvalue weighted by molar-refractivity contribution is 0.0660. The molecular weight excluding hydrogens is 276 g/mol. The predicted molar refractivity (Wildman–Crippen MR) is 90.8 cm³/mol. The number of nitrogens with zero attached hydrogens (tertiary/aromatic N) is 1. The highest BCUT2D eigenvalue weighted by atomic mass is 32.1. The topological polar surface area (TPSA) is 15.3 Å². The molecule has 3 heteroatoms. The van der Waals surface area contributed by atoms with Crippen LogP contribution in [0.3, 0.4) is 0 Å². The Kier molecular flexibility index (Phi) is 4.43. The Morgan fingerprint density at radius 3 is 2.62 bits per heavy atom. The summed E-state index contributed by atoms with van der Waals surface area (Å²) in [7, 11) is 0. The van der Waals surface area contributed by atoms with Gasteiger partial charge in [0.05, 0.1) is 5.54 Å². The first-order chi connectivity index (χ1) is 10.2. The molecule has 2 heterocycles. The first kappa shape index (κ1) is 14.8. The highest BCUT2D eigenvalue weighted by Gasteiger charge is 2.35. The van der Waals surface area contributed by atoms with Crippen LogP contribution >= 0.6 is 11.3 Å². The molecule has 1 atom stereocenters. The minimum absolute atomic E-state index is 0.0792. The minimum atomic E-state index is 0.0792. The third kappa shape index (κ3) is 3.05. The van der Waals surface area contributed by atoms with Crippen molar-refractivity contribution in [3.8, 4) is 0 Å². The number of hydrogen-bond acceptors (Lipinski definition) is 3. The molecule has 3 rings (SSSR count). The zero-order chi connectivity index (χ0) is 14.7. The van der Waals surface area contributed by atoms with Crippen LogP contribution in [0.5, 0.6) is 0 Å². The fourth-order valence-corrected chi connectivity index (χ4v) is 4.10. The highest BCUT2D eigenvalue weighted by molar-refractivity contribution is 7.11. The summed E-state index contributed by atoms with van der Waals surface area (Å²) < 4.78 is 0. The van der Waals surface area contributed by atoms with E-state index in [0.29, 0.717) is 0 Å². The smallest absolute Gasteiger partial charge is 0.0561 e. The molecule has 112 valence electrons. The van der Waals surface area contributed by atoms with Crippen molar-refractivity contribution in [1.82, 2.24) is 10.2 Å². The maximum Gasteiger partial charge on any atom is 0.0561 e. The molecule has 1 N–H and O–H groups in total. The van der Waals surface area contributed by atoms with E-state index in [-0.39, 0.29) is 5.54 Å². The molecule has 0 spiro atoms. The molecule has 1 aliphatic rings. The Morgan fingerprint density at radius 2 is 1.90 bits per heavy atom. The molecule has 0 radical (unpaired) electrons. The second-order valence-corrected chi connectivity index (χ2v) is 7.21. The number of nitrogens with one attached hydrogen (secondary N) is 1. The molecular formula is C18H24N2S. The molecule has 21 heavy (non-hydrogen) atoms. The van der Waals surface area contributed by atoms with Gasteiger partial charge in [-0.05, 0) is 31.0 Å². The average molecular weight is 300 g/mol. The molecule has 0 bridgehead atoms. The maximum atomic E-state index is 3.57. The van der Waals surface area contributed by atoms with E-state index in [1.807, 2.05) is 11.3 Å². The van der Waals surface area contributed by atoms with Crippen LogP contribution in [-0.2, 0) is 18.5 Å². The Hall–Kier alpha value is -1.16. The number of aryl methyl sites for hydroxylation is 1. The van der Waals surface area contributed by atoms with E-state index in [9.17, 15) is 0 Å². The molecule has 0 aliphatic carbocycles. The van der Waals surface area contributed by atoms with Crippen molar-refractivity contribution in [2.45, 2.75) is 32.4 Å². The van der Waals surface area contributed by atoms with E-state index in [1.54, 1.807) is 0 Å².